The van der Waals surface area contributed by atoms with Gasteiger partial charge >= 0.3 is 0 Å². The first kappa shape index (κ1) is 30.5. The van der Waals surface area contributed by atoms with E-state index in [1.54, 1.807) is 57.2 Å². The van der Waals surface area contributed by atoms with Crippen molar-refractivity contribution in [3.8, 4) is 5.75 Å². The fourth-order valence-corrected chi connectivity index (χ4v) is 6.50. The Bertz CT molecular complexity index is 1810. The molecule has 13 heteroatoms. The van der Waals surface area contributed by atoms with E-state index in [1.165, 1.54) is 43.5 Å². The van der Waals surface area contributed by atoms with E-state index >= 15 is 0 Å². The van der Waals surface area contributed by atoms with Crippen LogP contribution in [0.2, 0.25) is 0 Å². The second-order valence-electron chi connectivity index (χ2n) is 9.65. The summed E-state index contributed by atoms with van der Waals surface area (Å²) in [5, 5.41) is 2.64. The summed E-state index contributed by atoms with van der Waals surface area (Å²) in [6.45, 7) is 6.53. The number of aromatic nitrogens is 2. The first-order chi connectivity index (χ1) is 19.8. The van der Waals surface area contributed by atoms with Crippen LogP contribution in [0.4, 0.5) is 17.3 Å². The molecule has 0 bridgehead atoms. The summed E-state index contributed by atoms with van der Waals surface area (Å²) >= 11 is 0. The lowest BCUT2D eigenvalue weighted by atomic mass is 10.2. The number of rotatable bonds is 10. The van der Waals surface area contributed by atoms with Gasteiger partial charge in [-0.2, -0.15) is 0 Å². The van der Waals surface area contributed by atoms with E-state index in [0.717, 1.165) is 15.4 Å². The van der Waals surface area contributed by atoms with Crippen molar-refractivity contribution in [3.63, 3.8) is 0 Å². The van der Waals surface area contributed by atoms with Crippen LogP contribution in [0.15, 0.2) is 82.6 Å². The Morgan fingerprint density at radius 2 is 1.36 bits per heavy atom. The van der Waals surface area contributed by atoms with E-state index in [1.807, 2.05) is 6.92 Å². The van der Waals surface area contributed by atoms with Crippen molar-refractivity contribution in [3.05, 3.63) is 95.3 Å². The minimum Gasteiger partial charge on any atom is -0.495 e. The number of nitrogens with zero attached hydrogens (tertiary/aromatic N) is 3. The second kappa shape index (κ2) is 12.2. The molecule has 0 saturated carbocycles. The third-order valence-electron chi connectivity index (χ3n) is 6.16. The Balaban J connectivity index is 1.58. The van der Waals surface area contributed by atoms with Gasteiger partial charge in [0.2, 0.25) is 11.9 Å². The predicted octanol–water partition coefficient (Wildman–Crippen LogP) is 4.35. The summed E-state index contributed by atoms with van der Waals surface area (Å²) in [6, 6.07) is 18.5. The van der Waals surface area contributed by atoms with Gasteiger partial charge in [-0.1, -0.05) is 23.8 Å². The highest BCUT2D eigenvalue weighted by Gasteiger charge is 2.30. The SMILES string of the molecule is COc1ccc(C)cc1N(CC(=O)Nc1ccc(S(=O)(=O)Nc2nc(C)cc(C)n2)cc1)S(=O)(=O)c1ccc(C)cc1. The standard InChI is InChI=1S/C29H31N5O6S2/c1-19-6-11-25(12-7-19)42(38,39)34(26-16-20(2)8-15-27(26)40-5)18-28(35)32-23-9-13-24(14-10-23)41(36,37)33-29-30-21(3)17-22(4)31-29/h6-17H,18H2,1-5H3,(H,32,35)(H,30,31,33). The number of amides is 1. The van der Waals surface area contributed by atoms with Crippen molar-refractivity contribution < 1.29 is 26.4 Å². The van der Waals surface area contributed by atoms with Crippen molar-refractivity contribution in [2.24, 2.45) is 0 Å². The van der Waals surface area contributed by atoms with Crippen LogP contribution >= 0.6 is 0 Å². The van der Waals surface area contributed by atoms with E-state index in [9.17, 15) is 21.6 Å². The summed E-state index contributed by atoms with van der Waals surface area (Å²) in [4.78, 5) is 21.3. The van der Waals surface area contributed by atoms with E-state index in [4.69, 9.17) is 4.74 Å². The van der Waals surface area contributed by atoms with Crippen LogP contribution in [-0.2, 0) is 24.8 Å². The van der Waals surface area contributed by atoms with Gasteiger partial charge in [-0.15, -0.1) is 0 Å². The fourth-order valence-electron chi connectivity index (χ4n) is 4.13. The Hall–Kier alpha value is -4.49. The van der Waals surface area contributed by atoms with E-state index in [0.29, 0.717) is 11.4 Å². The summed E-state index contributed by atoms with van der Waals surface area (Å²) < 4.78 is 62.0. The summed E-state index contributed by atoms with van der Waals surface area (Å²) in [7, 11) is -6.76. The molecule has 0 atom stereocenters. The molecule has 0 saturated heterocycles. The van der Waals surface area contributed by atoms with Gasteiger partial charge in [-0.25, -0.2) is 31.5 Å². The maximum atomic E-state index is 13.8. The lowest BCUT2D eigenvalue weighted by Gasteiger charge is -2.26. The molecule has 220 valence electrons. The zero-order valence-electron chi connectivity index (χ0n) is 23.7. The quantitative estimate of drug-likeness (QED) is 0.270. The highest BCUT2D eigenvalue weighted by atomic mass is 32.2. The van der Waals surface area contributed by atoms with Gasteiger partial charge < -0.3 is 10.1 Å². The normalized spacial score (nSPS) is 11.5. The number of aryl methyl sites for hydroxylation is 4. The van der Waals surface area contributed by atoms with Gasteiger partial charge in [0.1, 0.15) is 12.3 Å². The molecular weight excluding hydrogens is 578 g/mol. The fraction of sp³-hybridized carbons (Fsp3) is 0.207. The Kier molecular flexibility index (Phi) is 8.83. The van der Waals surface area contributed by atoms with Gasteiger partial charge in [-0.05, 0) is 87.9 Å². The van der Waals surface area contributed by atoms with Crippen LogP contribution in [0.25, 0.3) is 0 Å². The molecule has 0 aliphatic rings. The number of ether oxygens (including phenoxy) is 1. The number of sulfonamides is 2. The molecule has 1 amide bonds. The van der Waals surface area contributed by atoms with Gasteiger partial charge in [0.15, 0.2) is 0 Å². The van der Waals surface area contributed by atoms with Crippen LogP contribution in [0.5, 0.6) is 5.75 Å². The Labute approximate surface area is 245 Å². The highest BCUT2D eigenvalue weighted by Crippen LogP contribution is 2.33. The molecule has 0 aliphatic carbocycles. The summed E-state index contributed by atoms with van der Waals surface area (Å²) in [5.74, 6) is -0.420. The van der Waals surface area contributed by atoms with Crippen LogP contribution < -0.4 is 19.1 Å². The lowest BCUT2D eigenvalue weighted by molar-refractivity contribution is -0.114. The van der Waals surface area contributed by atoms with Crippen LogP contribution in [-0.4, -0.2) is 46.4 Å². The average molecular weight is 610 g/mol. The van der Waals surface area contributed by atoms with Crippen LogP contribution in [0.3, 0.4) is 0 Å². The van der Waals surface area contributed by atoms with Crippen molar-refractivity contribution in [2.45, 2.75) is 37.5 Å². The number of benzene rings is 3. The molecule has 3 aromatic carbocycles. The second-order valence-corrected chi connectivity index (χ2v) is 13.2. The first-order valence-corrected chi connectivity index (χ1v) is 15.7. The molecule has 42 heavy (non-hydrogen) atoms. The predicted molar refractivity (Wildman–Crippen MR) is 161 cm³/mol. The molecule has 0 spiro atoms. The van der Waals surface area contributed by atoms with Gasteiger partial charge in [-0.3, -0.25) is 9.10 Å². The molecule has 0 aliphatic heterocycles. The van der Waals surface area contributed by atoms with Crippen LogP contribution in [0.1, 0.15) is 22.5 Å². The molecule has 0 fully saturated rings. The minimum atomic E-state index is -4.18. The molecule has 0 radical (unpaired) electrons. The number of carbonyl (C=O) groups excluding carboxylic acids is 1. The number of nitrogens with one attached hydrogen (secondary N) is 2. The van der Waals surface area contributed by atoms with Gasteiger partial charge in [0.25, 0.3) is 20.0 Å². The number of hydrogen-bond donors (Lipinski definition) is 2. The topological polar surface area (TPSA) is 148 Å². The Morgan fingerprint density at radius 1 is 0.786 bits per heavy atom. The van der Waals surface area contributed by atoms with E-state index < -0.39 is 32.5 Å². The first-order valence-electron chi connectivity index (χ1n) is 12.8. The number of hydrogen-bond acceptors (Lipinski definition) is 8. The smallest absolute Gasteiger partial charge is 0.264 e. The minimum absolute atomic E-state index is 0.0132. The Morgan fingerprint density at radius 3 is 1.95 bits per heavy atom. The zero-order chi connectivity index (χ0) is 30.7. The van der Waals surface area contributed by atoms with Crippen molar-refractivity contribution in [1.82, 2.24) is 9.97 Å². The van der Waals surface area contributed by atoms with Gasteiger partial charge in [0.05, 0.1) is 22.6 Å². The summed E-state index contributed by atoms with van der Waals surface area (Å²) in [5.41, 5.74) is 3.35. The van der Waals surface area contributed by atoms with Crippen molar-refractivity contribution >= 4 is 43.3 Å². The molecular formula is C29H31N5O6S2. The van der Waals surface area contributed by atoms with E-state index in [2.05, 4.69) is 20.0 Å². The largest absolute Gasteiger partial charge is 0.495 e. The molecule has 2 N–H and O–H groups in total. The summed E-state index contributed by atoms with van der Waals surface area (Å²) in [6.07, 6.45) is 0. The molecule has 1 aromatic heterocycles. The highest BCUT2D eigenvalue weighted by molar-refractivity contribution is 7.93. The van der Waals surface area contributed by atoms with E-state index in [-0.39, 0.29) is 32.9 Å². The molecule has 11 nitrogen and oxygen atoms in total. The number of methoxy groups -OCH3 is 1. The van der Waals surface area contributed by atoms with Gasteiger partial charge in [0, 0.05) is 17.1 Å². The van der Waals surface area contributed by atoms with Crippen molar-refractivity contribution in [1.29, 1.82) is 0 Å². The zero-order valence-corrected chi connectivity index (χ0v) is 25.4. The monoisotopic (exact) mass is 609 g/mol. The number of carbonyl (C=O) groups is 1. The third kappa shape index (κ3) is 7.04. The molecule has 4 rings (SSSR count). The molecule has 1 heterocycles. The van der Waals surface area contributed by atoms with Crippen molar-refractivity contribution in [2.75, 3.05) is 28.0 Å². The molecule has 4 aromatic rings. The molecule has 0 unspecified atom stereocenters. The average Bonchev–Trinajstić information content (AvgIpc) is 2.91. The number of anilines is 3. The maximum absolute atomic E-state index is 13.8. The lowest BCUT2D eigenvalue weighted by Crippen LogP contribution is -2.38. The third-order valence-corrected chi connectivity index (χ3v) is 9.27. The maximum Gasteiger partial charge on any atom is 0.264 e. The van der Waals surface area contributed by atoms with Crippen LogP contribution in [0, 0.1) is 27.7 Å².